The Morgan fingerprint density at radius 3 is 3.05 bits per heavy atom. The van der Waals surface area contributed by atoms with E-state index in [0.29, 0.717) is 5.16 Å². The van der Waals surface area contributed by atoms with Gasteiger partial charge in [-0.25, -0.2) is 9.97 Å². The molecule has 0 spiro atoms. The fourth-order valence-electron chi connectivity index (χ4n) is 2.69. The van der Waals surface area contributed by atoms with Gasteiger partial charge in [-0.15, -0.1) is 11.3 Å². The first kappa shape index (κ1) is 15.5. The van der Waals surface area contributed by atoms with E-state index in [4.69, 9.17) is 5.73 Å². The molecule has 22 heavy (non-hydrogen) atoms. The van der Waals surface area contributed by atoms with E-state index in [1.165, 1.54) is 27.1 Å². The second-order valence-electron chi connectivity index (χ2n) is 5.46. The number of aromatic nitrogens is 2. The minimum Gasteiger partial charge on any atom is -0.370 e. The Morgan fingerprint density at radius 1 is 1.50 bits per heavy atom. The molecular formula is C14H20N5OS2+. The number of likely N-dealkylation sites (N-methyl/N-ethyl adjacent to an activating group) is 1. The number of fused-ring (bicyclic) bond motifs is 3. The number of nitrogens with one attached hydrogen (secondary N) is 2. The van der Waals surface area contributed by atoms with Crippen molar-refractivity contribution in [3.05, 3.63) is 10.4 Å². The minimum atomic E-state index is -0.352. The van der Waals surface area contributed by atoms with Crippen LogP contribution < -0.4 is 16.0 Å². The average Bonchev–Trinajstić information content (AvgIpc) is 2.82. The predicted octanol–water partition coefficient (Wildman–Crippen LogP) is 0.271. The Balaban J connectivity index is 2.06. The summed E-state index contributed by atoms with van der Waals surface area (Å²) in [5.41, 5.74) is 6.61. The first-order valence-electron chi connectivity index (χ1n) is 7.37. The molecule has 8 heteroatoms. The highest BCUT2D eigenvalue weighted by atomic mass is 32.2. The van der Waals surface area contributed by atoms with Crippen molar-refractivity contribution in [1.82, 2.24) is 9.97 Å². The van der Waals surface area contributed by atoms with E-state index in [-0.39, 0.29) is 11.7 Å². The number of amides is 1. The third kappa shape index (κ3) is 3.04. The van der Waals surface area contributed by atoms with Crippen molar-refractivity contribution in [2.45, 2.75) is 25.0 Å². The van der Waals surface area contributed by atoms with Crippen LogP contribution in [-0.2, 0) is 17.8 Å². The largest absolute Gasteiger partial charge is 0.370 e. The predicted molar refractivity (Wildman–Crippen MR) is 90.7 cm³/mol. The standard InChI is InChI=1S/C14H19N5OS2/c1-3-16-12-11-8-4-5-19(2)6-9(8)22-13(11)18-14(17-12)21-7-10(15)20/h3-7H2,1-2H3,(H2,15,20)(H,16,17,18)/p+1. The summed E-state index contributed by atoms with van der Waals surface area (Å²) in [6.07, 6.45) is 1.07. The molecule has 3 heterocycles. The van der Waals surface area contributed by atoms with E-state index in [2.05, 4.69) is 29.3 Å². The van der Waals surface area contributed by atoms with Crippen LogP contribution in [0.5, 0.6) is 0 Å². The highest BCUT2D eigenvalue weighted by molar-refractivity contribution is 7.99. The normalized spacial score (nSPS) is 17.5. The maximum atomic E-state index is 11.0. The van der Waals surface area contributed by atoms with Crippen LogP contribution in [0.15, 0.2) is 5.16 Å². The Hall–Kier alpha value is -1.38. The SMILES string of the molecule is CCNc1nc(SCC(N)=O)nc2sc3c(c12)CC[NH+](C)C3. The number of carbonyl (C=O) groups excluding carboxylic acids is 1. The van der Waals surface area contributed by atoms with Crippen molar-refractivity contribution in [3.63, 3.8) is 0 Å². The van der Waals surface area contributed by atoms with Gasteiger partial charge < -0.3 is 16.0 Å². The molecule has 1 amide bonds. The zero-order chi connectivity index (χ0) is 15.7. The van der Waals surface area contributed by atoms with Crippen molar-refractivity contribution >= 4 is 45.0 Å². The number of carbonyl (C=O) groups is 1. The Morgan fingerprint density at radius 2 is 2.32 bits per heavy atom. The van der Waals surface area contributed by atoms with Crippen LogP contribution in [0.25, 0.3) is 10.2 Å². The van der Waals surface area contributed by atoms with E-state index in [1.807, 2.05) is 0 Å². The molecule has 0 aliphatic carbocycles. The van der Waals surface area contributed by atoms with Gasteiger partial charge in [0.05, 0.1) is 29.6 Å². The van der Waals surface area contributed by atoms with Gasteiger partial charge in [0.1, 0.15) is 17.2 Å². The number of hydrogen-bond acceptors (Lipinski definition) is 6. The van der Waals surface area contributed by atoms with Gasteiger partial charge in [-0.05, 0) is 12.5 Å². The summed E-state index contributed by atoms with van der Waals surface area (Å²) in [4.78, 5) is 24.1. The lowest BCUT2D eigenvalue weighted by molar-refractivity contribution is -0.895. The summed E-state index contributed by atoms with van der Waals surface area (Å²) >= 11 is 3.05. The summed E-state index contributed by atoms with van der Waals surface area (Å²) in [5.74, 6) is 0.737. The molecule has 6 nitrogen and oxygen atoms in total. The van der Waals surface area contributed by atoms with Gasteiger partial charge in [0.25, 0.3) is 0 Å². The molecule has 0 radical (unpaired) electrons. The Bertz CT molecular complexity index is 715. The molecule has 1 aliphatic heterocycles. The van der Waals surface area contributed by atoms with Crippen molar-refractivity contribution < 1.29 is 9.69 Å². The molecule has 3 rings (SSSR count). The van der Waals surface area contributed by atoms with Crippen LogP contribution in [0.1, 0.15) is 17.4 Å². The Kier molecular flexibility index (Phi) is 4.51. The van der Waals surface area contributed by atoms with Crippen molar-refractivity contribution in [2.75, 3.05) is 31.2 Å². The Labute approximate surface area is 137 Å². The molecule has 2 aromatic rings. The van der Waals surface area contributed by atoms with Gasteiger partial charge in [-0.3, -0.25) is 4.79 Å². The first-order valence-corrected chi connectivity index (χ1v) is 9.17. The zero-order valence-corrected chi connectivity index (χ0v) is 14.4. The average molecular weight is 338 g/mol. The zero-order valence-electron chi connectivity index (χ0n) is 12.7. The van der Waals surface area contributed by atoms with Gasteiger partial charge in [-0.1, -0.05) is 11.8 Å². The topological polar surface area (TPSA) is 85.3 Å². The van der Waals surface area contributed by atoms with Crippen LogP contribution in [0.4, 0.5) is 5.82 Å². The second kappa shape index (κ2) is 6.39. The molecule has 0 saturated carbocycles. The maximum Gasteiger partial charge on any atom is 0.227 e. The highest BCUT2D eigenvalue weighted by Gasteiger charge is 2.25. The lowest BCUT2D eigenvalue weighted by Gasteiger charge is -2.19. The number of thioether (sulfide) groups is 1. The molecule has 4 N–H and O–H groups in total. The maximum absolute atomic E-state index is 11.0. The fourth-order valence-corrected chi connectivity index (χ4v) is 4.66. The summed E-state index contributed by atoms with van der Waals surface area (Å²) < 4.78 is 0. The second-order valence-corrected chi connectivity index (χ2v) is 7.48. The van der Waals surface area contributed by atoms with Crippen molar-refractivity contribution in [1.29, 1.82) is 0 Å². The molecular weight excluding hydrogens is 318 g/mol. The monoisotopic (exact) mass is 338 g/mol. The third-order valence-electron chi connectivity index (χ3n) is 3.67. The summed E-state index contributed by atoms with van der Waals surface area (Å²) in [7, 11) is 2.22. The summed E-state index contributed by atoms with van der Waals surface area (Å²) in [6, 6.07) is 0. The van der Waals surface area contributed by atoms with Crippen LogP contribution >= 0.6 is 23.1 Å². The van der Waals surface area contributed by atoms with E-state index in [1.54, 1.807) is 11.3 Å². The molecule has 0 saturated heterocycles. The van der Waals surface area contributed by atoms with Gasteiger partial charge >= 0.3 is 0 Å². The molecule has 0 fully saturated rings. The van der Waals surface area contributed by atoms with Gasteiger partial charge in [0, 0.05) is 13.0 Å². The lowest BCUT2D eigenvalue weighted by atomic mass is 10.1. The molecule has 118 valence electrons. The van der Waals surface area contributed by atoms with Gasteiger partial charge in [0.2, 0.25) is 5.91 Å². The van der Waals surface area contributed by atoms with E-state index >= 15 is 0 Å². The van der Waals surface area contributed by atoms with Crippen molar-refractivity contribution in [2.24, 2.45) is 5.73 Å². The smallest absolute Gasteiger partial charge is 0.227 e. The molecule has 1 unspecified atom stereocenters. The van der Waals surface area contributed by atoms with Gasteiger partial charge in [-0.2, -0.15) is 0 Å². The van der Waals surface area contributed by atoms with Crippen molar-refractivity contribution in [3.8, 4) is 0 Å². The number of nitrogens with zero attached hydrogens (tertiary/aromatic N) is 2. The molecule has 0 aromatic carbocycles. The highest BCUT2D eigenvalue weighted by Crippen LogP contribution is 2.36. The number of quaternary nitrogens is 1. The number of rotatable bonds is 5. The molecule has 1 atom stereocenters. The van der Waals surface area contributed by atoms with Crippen LogP contribution in [0.3, 0.4) is 0 Å². The fraction of sp³-hybridized carbons (Fsp3) is 0.500. The summed E-state index contributed by atoms with van der Waals surface area (Å²) in [5, 5.41) is 5.12. The van der Waals surface area contributed by atoms with Crippen LogP contribution in [-0.4, -0.2) is 41.8 Å². The summed E-state index contributed by atoms with van der Waals surface area (Å²) in [6.45, 7) is 5.05. The molecule has 0 bridgehead atoms. The molecule has 1 aliphatic rings. The number of nitrogens with two attached hydrogens (primary N) is 1. The minimum absolute atomic E-state index is 0.203. The van der Waals surface area contributed by atoms with E-state index in [0.717, 1.165) is 42.1 Å². The van der Waals surface area contributed by atoms with Crippen LogP contribution in [0, 0.1) is 0 Å². The van der Waals surface area contributed by atoms with E-state index < -0.39 is 0 Å². The van der Waals surface area contributed by atoms with Crippen LogP contribution in [0.2, 0.25) is 0 Å². The number of anilines is 1. The third-order valence-corrected chi connectivity index (χ3v) is 5.66. The number of thiophene rings is 1. The first-order chi connectivity index (χ1) is 10.6. The number of hydrogen-bond donors (Lipinski definition) is 3. The van der Waals surface area contributed by atoms with Gasteiger partial charge in [0.15, 0.2) is 5.16 Å². The quantitative estimate of drug-likeness (QED) is 0.538. The molecule has 2 aromatic heterocycles. The lowest BCUT2D eigenvalue weighted by Crippen LogP contribution is -3.08. The van der Waals surface area contributed by atoms with E-state index in [9.17, 15) is 4.79 Å². The number of primary amides is 1.